The Labute approximate surface area is 299 Å². The third kappa shape index (κ3) is 5.25. The highest BCUT2D eigenvalue weighted by Crippen LogP contribution is 2.40. The molecule has 0 atom stereocenters. The van der Waals surface area contributed by atoms with E-state index in [4.69, 9.17) is 15.0 Å². The molecular weight excluding hydrogens is 639 g/mol. The molecule has 51 heavy (non-hydrogen) atoms. The van der Waals surface area contributed by atoms with E-state index in [1.807, 2.05) is 18.2 Å². The van der Waals surface area contributed by atoms with E-state index in [0.717, 1.165) is 27.5 Å². The maximum atomic E-state index is 5.16. The van der Waals surface area contributed by atoms with Crippen molar-refractivity contribution in [3.05, 3.63) is 176 Å². The number of aromatic nitrogens is 3. The van der Waals surface area contributed by atoms with Crippen molar-refractivity contribution in [1.82, 2.24) is 15.0 Å². The molecule has 4 heteroatoms. The number of thiophene rings is 1. The highest BCUT2D eigenvalue weighted by atomic mass is 32.1. The second-order valence-corrected chi connectivity index (χ2v) is 13.9. The van der Waals surface area contributed by atoms with Crippen LogP contribution in [0.15, 0.2) is 176 Å². The Morgan fingerprint density at radius 1 is 0.314 bits per heavy atom. The Bertz CT molecular complexity index is 2930. The van der Waals surface area contributed by atoms with Crippen molar-refractivity contribution < 1.29 is 0 Å². The normalized spacial score (nSPS) is 11.5. The van der Waals surface area contributed by atoms with E-state index in [1.165, 1.54) is 53.2 Å². The van der Waals surface area contributed by atoms with Crippen molar-refractivity contribution >= 4 is 53.1 Å². The Hall–Kier alpha value is -6.49. The molecule has 2 aromatic heterocycles. The van der Waals surface area contributed by atoms with Crippen molar-refractivity contribution in [1.29, 1.82) is 0 Å². The van der Waals surface area contributed by atoms with Gasteiger partial charge in [0.25, 0.3) is 0 Å². The standard InChI is InChI=1S/C47H29N3S/c1-2-12-31(13-3-1)45-48-46(50-47(49-45)41-18-10-20-43-44(41)40-17-8-9-19-42(40)51-43)37-26-23-33-28-36(25-22-34(33)29-37)39-16-7-6-15-38(39)35-24-21-30-11-4-5-14-32(30)27-35/h1-29H. The number of hydrogen-bond acceptors (Lipinski definition) is 4. The predicted octanol–water partition coefficient (Wildman–Crippen LogP) is 12.9. The van der Waals surface area contributed by atoms with Crippen LogP contribution in [0.4, 0.5) is 0 Å². The van der Waals surface area contributed by atoms with Crippen LogP contribution in [0.5, 0.6) is 0 Å². The number of rotatable bonds is 5. The summed E-state index contributed by atoms with van der Waals surface area (Å²) < 4.78 is 2.48. The number of nitrogens with zero attached hydrogens (tertiary/aromatic N) is 3. The van der Waals surface area contributed by atoms with E-state index in [2.05, 4.69) is 158 Å². The molecule has 0 saturated heterocycles. The van der Waals surface area contributed by atoms with Crippen LogP contribution in [-0.2, 0) is 0 Å². The minimum atomic E-state index is 0.656. The van der Waals surface area contributed by atoms with Crippen LogP contribution < -0.4 is 0 Å². The minimum Gasteiger partial charge on any atom is -0.208 e. The molecule has 0 spiro atoms. The third-order valence-electron chi connectivity index (χ3n) is 9.71. The molecule has 0 aliphatic carbocycles. The summed E-state index contributed by atoms with van der Waals surface area (Å²) in [5.74, 6) is 1.99. The zero-order chi connectivity index (χ0) is 33.7. The first kappa shape index (κ1) is 29.4. The second-order valence-electron chi connectivity index (χ2n) is 12.8. The largest absolute Gasteiger partial charge is 0.208 e. The summed E-state index contributed by atoms with van der Waals surface area (Å²) in [5.41, 5.74) is 7.76. The summed E-state index contributed by atoms with van der Waals surface area (Å²) in [7, 11) is 0. The lowest BCUT2D eigenvalue weighted by Crippen LogP contribution is -2.00. The highest BCUT2D eigenvalue weighted by molar-refractivity contribution is 7.25. The van der Waals surface area contributed by atoms with Gasteiger partial charge in [0.05, 0.1) is 0 Å². The number of fused-ring (bicyclic) bond motifs is 5. The summed E-state index contributed by atoms with van der Waals surface area (Å²) >= 11 is 1.80. The molecule has 0 amide bonds. The molecule has 0 radical (unpaired) electrons. The van der Waals surface area contributed by atoms with Crippen LogP contribution in [-0.4, -0.2) is 15.0 Å². The van der Waals surface area contributed by atoms with Gasteiger partial charge in [-0.2, -0.15) is 0 Å². The molecular formula is C47H29N3S. The molecule has 0 fully saturated rings. The van der Waals surface area contributed by atoms with Crippen molar-refractivity contribution in [3.8, 4) is 56.4 Å². The van der Waals surface area contributed by atoms with Gasteiger partial charge in [0.1, 0.15) is 0 Å². The van der Waals surface area contributed by atoms with Crippen LogP contribution in [0.25, 0.3) is 98.1 Å². The number of benzene rings is 8. The van der Waals surface area contributed by atoms with Gasteiger partial charge in [-0.05, 0) is 74.1 Å². The molecule has 10 aromatic rings. The van der Waals surface area contributed by atoms with Crippen molar-refractivity contribution in [2.24, 2.45) is 0 Å². The SMILES string of the molecule is c1ccc(-c2nc(-c3ccc4cc(-c5ccccc5-c5ccc6ccccc6c5)ccc4c3)nc(-c3cccc4sc5ccccc5c34)n2)cc1. The summed E-state index contributed by atoms with van der Waals surface area (Å²) in [6, 6.07) is 62.3. The van der Waals surface area contributed by atoms with Crippen molar-refractivity contribution in [3.63, 3.8) is 0 Å². The lowest BCUT2D eigenvalue weighted by molar-refractivity contribution is 1.08. The smallest absolute Gasteiger partial charge is 0.164 e. The Morgan fingerprint density at radius 3 is 1.59 bits per heavy atom. The summed E-state index contributed by atoms with van der Waals surface area (Å²) in [5, 5.41) is 7.20. The van der Waals surface area contributed by atoms with Crippen molar-refractivity contribution in [2.45, 2.75) is 0 Å². The molecule has 3 nitrogen and oxygen atoms in total. The van der Waals surface area contributed by atoms with Gasteiger partial charge in [-0.1, -0.05) is 146 Å². The lowest BCUT2D eigenvalue weighted by atomic mass is 9.92. The maximum Gasteiger partial charge on any atom is 0.164 e. The van der Waals surface area contributed by atoms with Crippen LogP contribution in [0.2, 0.25) is 0 Å². The Morgan fingerprint density at radius 2 is 0.824 bits per heavy atom. The summed E-state index contributed by atoms with van der Waals surface area (Å²) in [4.78, 5) is 15.3. The fourth-order valence-corrected chi connectivity index (χ4v) is 8.33. The third-order valence-corrected chi connectivity index (χ3v) is 10.8. The summed E-state index contributed by atoms with van der Waals surface area (Å²) in [6.45, 7) is 0. The average Bonchev–Trinajstić information content (AvgIpc) is 3.59. The topological polar surface area (TPSA) is 38.7 Å². The second kappa shape index (κ2) is 12.1. The van der Waals surface area contributed by atoms with Gasteiger partial charge in [-0.15, -0.1) is 11.3 Å². The molecule has 2 heterocycles. The van der Waals surface area contributed by atoms with Gasteiger partial charge >= 0.3 is 0 Å². The molecule has 0 N–H and O–H groups in total. The first-order valence-corrected chi connectivity index (χ1v) is 17.9. The van der Waals surface area contributed by atoms with Gasteiger partial charge in [-0.25, -0.2) is 15.0 Å². The molecule has 0 saturated carbocycles. The monoisotopic (exact) mass is 667 g/mol. The highest BCUT2D eigenvalue weighted by Gasteiger charge is 2.17. The van der Waals surface area contributed by atoms with E-state index in [1.54, 1.807) is 11.3 Å². The molecule has 10 rings (SSSR count). The quantitative estimate of drug-likeness (QED) is 0.183. The van der Waals surface area contributed by atoms with Gasteiger partial charge < -0.3 is 0 Å². The van der Waals surface area contributed by atoms with Crippen LogP contribution in [0, 0.1) is 0 Å². The van der Waals surface area contributed by atoms with Crippen molar-refractivity contribution in [2.75, 3.05) is 0 Å². The van der Waals surface area contributed by atoms with E-state index in [-0.39, 0.29) is 0 Å². The maximum absolute atomic E-state index is 5.16. The molecule has 0 unspecified atom stereocenters. The zero-order valence-corrected chi connectivity index (χ0v) is 28.3. The molecule has 0 aliphatic heterocycles. The van der Waals surface area contributed by atoms with Gasteiger partial charge in [0.2, 0.25) is 0 Å². The molecule has 0 bridgehead atoms. The predicted molar refractivity (Wildman–Crippen MR) is 215 cm³/mol. The molecule has 238 valence electrons. The lowest BCUT2D eigenvalue weighted by Gasteiger charge is -2.13. The molecule has 0 aliphatic rings. The van der Waals surface area contributed by atoms with Gasteiger partial charge in [0.15, 0.2) is 17.5 Å². The van der Waals surface area contributed by atoms with Gasteiger partial charge in [-0.3, -0.25) is 0 Å². The van der Waals surface area contributed by atoms with E-state index < -0.39 is 0 Å². The van der Waals surface area contributed by atoms with E-state index in [9.17, 15) is 0 Å². The first-order valence-electron chi connectivity index (χ1n) is 17.1. The number of hydrogen-bond donors (Lipinski definition) is 0. The van der Waals surface area contributed by atoms with Crippen LogP contribution in [0.1, 0.15) is 0 Å². The molecule has 8 aromatic carbocycles. The van der Waals surface area contributed by atoms with Crippen LogP contribution >= 0.6 is 11.3 Å². The summed E-state index contributed by atoms with van der Waals surface area (Å²) in [6.07, 6.45) is 0. The Kier molecular flexibility index (Phi) is 7.00. The fourth-order valence-electron chi connectivity index (χ4n) is 7.20. The minimum absolute atomic E-state index is 0.656. The Balaban J connectivity index is 1.09. The van der Waals surface area contributed by atoms with Gasteiger partial charge in [0, 0.05) is 36.9 Å². The first-order chi connectivity index (χ1) is 25.2. The zero-order valence-electron chi connectivity index (χ0n) is 27.5. The fraction of sp³-hybridized carbons (Fsp3) is 0. The van der Waals surface area contributed by atoms with E-state index in [0.29, 0.717) is 17.5 Å². The van der Waals surface area contributed by atoms with Crippen LogP contribution in [0.3, 0.4) is 0 Å². The van der Waals surface area contributed by atoms with E-state index >= 15 is 0 Å². The average molecular weight is 668 g/mol.